The standard InChI is InChI=1S/C11H8BrN3O2/c12-8-5-7(11(16)17)1-2-9(8)15-10-6-13-3-4-14-10/h1-6H,(H,14,15)(H,16,17). The maximum atomic E-state index is 10.8. The van der Waals surface area contributed by atoms with E-state index >= 15 is 0 Å². The summed E-state index contributed by atoms with van der Waals surface area (Å²) in [6, 6.07) is 4.72. The molecule has 0 amide bonds. The van der Waals surface area contributed by atoms with Gasteiger partial charge in [0.25, 0.3) is 0 Å². The zero-order chi connectivity index (χ0) is 12.3. The van der Waals surface area contributed by atoms with Crippen LogP contribution in [0.3, 0.4) is 0 Å². The van der Waals surface area contributed by atoms with Crippen LogP contribution in [0.4, 0.5) is 11.5 Å². The number of carboxylic acid groups (broad SMARTS) is 1. The highest BCUT2D eigenvalue weighted by atomic mass is 79.9. The number of carboxylic acids is 1. The minimum absolute atomic E-state index is 0.224. The van der Waals surface area contributed by atoms with Gasteiger partial charge in [-0.2, -0.15) is 0 Å². The van der Waals surface area contributed by atoms with Gasteiger partial charge in [-0.05, 0) is 34.1 Å². The summed E-state index contributed by atoms with van der Waals surface area (Å²) in [5.74, 6) is -0.368. The van der Waals surface area contributed by atoms with E-state index in [2.05, 4.69) is 31.2 Å². The van der Waals surface area contributed by atoms with Crippen LogP contribution in [-0.2, 0) is 0 Å². The van der Waals surface area contributed by atoms with E-state index in [-0.39, 0.29) is 5.56 Å². The number of anilines is 2. The fourth-order valence-electron chi connectivity index (χ4n) is 1.25. The summed E-state index contributed by atoms with van der Waals surface area (Å²) >= 11 is 3.30. The van der Waals surface area contributed by atoms with E-state index in [1.807, 2.05) is 0 Å². The Bertz CT molecular complexity index is 546. The van der Waals surface area contributed by atoms with Gasteiger partial charge in [-0.1, -0.05) is 0 Å². The van der Waals surface area contributed by atoms with Crippen LogP contribution < -0.4 is 5.32 Å². The number of aromatic carboxylic acids is 1. The SMILES string of the molecule is O=C(O)c1ccc(Nc2cnccn2)c(Br)c1. The van der Waals surface area contributed by atoms with Crippen LogP contribution in [0.5, 0.6) is 0 Å². The second-order valence-corrected chi connectivity index (χ2v) is 4.07. The number of hydrogen-bond donors (Lipinski definition) is 2. The second-order valence-electron chi connectivity index (χ2n) is 3.22. The first kappa shape index (κ1) is 11.5. The molecular weight excluding hydrogens is 286 g/mol. The predicted octanol–water partition coefficient (Wildman–Crippen LogP) is 2.68. The summed E-state index contributed by atoms with van der Waals surface area (Å²) < 4.78 is 0.656. The van der Waals surface area contributed by atoms with Crippen molar-refractivity contribution in [3.63, 3.8) is 0 Å². The highest BCUT2D eigenvalue weighted by Crippen LogP contribution is 2.25. The molecule has 5 nitrogen and oxygen atoms in total. The van der Waals surface area contributed by atoms with Crippen molar-refractivity contribution < 1.29 is 9.90 Å². The summed E-state index contributed by atoms with van der Waals surface area (Å²) in [5.41, 5.74) is 0.956. The Balaban J connectivity index is 2.26. The number of hydrogen-bond acceptors (Lipinski definition) is 4. The Hall–Kier alpha value is -1.95. The molecular formula is C11H8BrN3O2. The predicted molar refractivity (Wildman–Crippen MR) is 66.4 cm³/mol. The third-order valence-electron chi connectivity index (χ3n) is 2.04. The van der Waals surface area contributed by atoms with Crippen molar-refractivity contribution in [1.29, 1.82) is 0 Å². The molecule has 0 saturated carbocycles. The van der Waals surface area contributed by atoms with E-state index in [9.17, 15) is 4.79 Å². The highest BCUT2D eigenvalue weighted by Gasteiger charge is 2.07. The van der Waals surface area contributed by atoms with Crippen LogP contribution in [-0.4, -0.2) is 21.0 Å². The first-order chi connectivity index (χ1) is 8.16. The molecule has 0 spiro atoms. The van der Waals surface area contributed by atoms with E-state index < -0.39 is 5.97 Å². The van der Waals surface area contributed by atoms with E-state index in [0.29, 0.717) is 10.3 Å². The minimum Gasteiger partial charge on any atom is -0.478 e. The monoisotopic (exact) mass is 293 g/mol. The van der Waals surface area contributed by atoms with Gasteiger partial charge < -0.3 is 10.4 Å². The first-order valence-corrected chi connectivity index (χ1v) is 5.52. The minimum atomic E-state index is -0.961. The summed E-state index contributed by atoms with van der Waals surface area (Å²) in [6.07, 6.45) is 4.73. The number of rotatable bonds is 3. The molecule has 86 valence electrons. The van der Waals surface area contributed by atoms with Crippen LogP contribution in [0, 0.1) is 0 Å². The molecule has 0 fully saturated rings. The number of aromatic nitrogens is 2. The van der Waals surface area contributed by atoms with Crippen LogP contribution in [0.1, 0.15) is 10.4 Å². The van der Waals surface area contributed by atoms with E-state index in [1.54, 1.807) is 24.7 Å². The number of halogens is 1. The largest absolute Gasteiger partial charge is 0.478 e. The third-order valence-corrected chi connectivity index (χ3v) is 2.70. The molecule has 2 rings (SSSR count). The Kier molecular flexibility index (Phi) is 3.34. The van der Waals surface area contributed by atoms with E-state index in [4.69, 9.17) is 5.11 Å². The van der Waals surface area contributed by atoms with Gasteiger partial charge in [0, 0.05) is 16.9 Å². The molecule has 0 unspecified atom stereocenters. The lowest BCUT2D eigenvalue weighted by molar-refractivity contribution is 0.0697. The highest BCUT2D eigenvalue weighted by molar-refractivity contribution is 9.10. The Morgan fingerprint density at radius 2 is 2.18 bits per heavy atom. The maximum absolute atomic E-state index is 10.8. The van der Waals surface area contributed by atoms with Crippen LogP contribution in [0.15, 0.2) is 41.3 Å². The number of benzene rings is 1. The average molecular weight is 294 g/mol. The zero-order valence-corrected chi connectivity index (χ0v) is 10.2. The summed E-state index contributed by atoms with van der Waals surface area (Å²) in [4.78, 5) is 18.7. The molecule has 1 aromatic carbocycles. The smallest absolute Gasteiger partial charge is 0.335 e. The molecule has 1 heterocycles. The normalized spacial score (nSPS) is 9.94. The van der Waals surface area contributed by atoms with Crippen molar-refractivity contribution in [1.82, 2.24) is 9.97 Å². The van der Waals surface area contributed by atoms with Crippen molar-refractivity contribution in [2.75, 3.05) is 5.32 Å². The lowest BCUT2D eigenvalue weighted by Crippen LogP contribution is -1.99. The zero-order valence-electron chi connectivity index (χ0n) is 8.59. The maximum Gasteiger partial charge on any atom is 0.335 e. The van der Waals surface area contributed by atoms with Gasteiger partial charge >= 0.3 is 5.97 Å². The number of nitrogens with one attached hydrogen (secondary N) is 1. The Labute approximate surface area is 106 Å². The molecule has 1 aromatic heterocycles. The van der Waals surface area contributed by atoms with Gasteiger partial charge in [0.1, 0.15) is 5.82 Å². The quantitative estimate of drug-likeness (QED) is 0.910. The fraction of sp³-hybridized carbons (Fsp3) is 0. The van der Waals surface area contributed by atoms with Gasteiger partial charge in [-0.25, -0.2) is 9.78 Å². The van der Waals surface area contributed by atoms with Gasteiger partial charge in [-0.15, -0.1) is 0 Å². The van der Waals surface area contributed by atoms with Crippen molar-refractivity contribution >= 4 is 33.4 Å². The number of carbonyl (C=O) groups is 1. The van der Waals surface area contributed by atoms with Crippen molar-refractivity contribution in [2.24, 2.45) is 0 Å². The van der Waals surface area contributed by atoms with Gasteiger partial charge in [0.05, 0.1) is 17.4 Å². The van der Waals surface area contributed by atoms with Crippen molar-refractivity contribution in [3.8, 4) is 0 Å². The number of nitrogens with zero attached hydrogens (tertiary/aromatic N) is 2. The average Bonchev–Trinajstić information content (AvgIpc) is 2.33. The summed E-state index contributed by atoms with van der Waals surface area (Å²) in [6.45, 7) is 0. The van der Waals surface area contributed by atoms with Gasteiger partial charge in [0.2, 0.25) is 0 Å². The van der Waals surface area contributed by atoms with Crippen molar-refractivity contribution in [3.05, 3.63) is 46.8 Å². The van der Waals surface area contributed by atoms with Crippen LogP contribution in [0.25, 0.3) is 0 Å². The molecule has 0 bridgehead atoms. The van der Waals surface area contributed by atoms with Gasteiger partial charge in [-0.3, -0.25) is 4.98 Å². The Morgan fingerprint density at radius 3 is 2.76 bits per heavy atom. The molecule has 6 heteroatoms. The molecule has 2 aromatic rings. The van der Waals surface area contributed by atoms with Crippen molar-refractivity contribution in [2.45, 2.75) is 0 Å². The first-order valence-electron chi connectivity index (χ1n) is 4.72. The second kappa shape index (κ2) is 4.92. The van der Waals surface area contributed by atoms with E-state index in [1.165, 1.54) is 12.1 Å². The molecule has 0 saturated heterocycles. The molecule has 0 aliphatic heterocycles. The summed E-state index contributed by atoms with van der Waals surface area (Å²) in [5, 5.41) is 11.9. The molecule has 0 aliphatic rings. The molecule has 17 heavy (non-hydrogen) atoms. The molecule has 0 aliphatic carbocycles. The fourth-order valence-corrected chi connectivity index (χ4v) is 1.73. The van der Waals surface area contributed by atoms with Crippen LogP contribution in [0.2, 0.25) is 0 Å². The Morgan fingerprint density at radius 1 is 1.35 bits per heavy atom. The molecule has 2 N–H and O–H groups in total. The summed E-state index contributed by atoms with van der Waals surface area (Å²) in [7, 11) is 0. The lowest BCUT2D eigenvalue weighted by Gasteiger charge is -2.07. The van der Waals surface area contributed by atoms with Crippen LogP contribution >= 0.6 is 15.9 Å². The lowest BCUT2D eigenvalue weighted by atomic mass is 10.2. The topological polar surface area (TPSA) is 75.1 Å². The third kappa shape index (κ3) is 2.79. The molecule has 0 atom stereocenters. The van der Waals surface area contributed by atoms with Gasteiger partial charge in [0.15, 0.2) is 0 Å². The van der Waals surface area contributed by atoms with E-state index in [0.717, 1.165) is 5.69 Å². The molecule has 0 radical (unpaired) electrons.